The van der Waals surface area contributed by atoms with Crippen LogP contribution in [0.3, 0.4) is 0 Å². The van der Waals surface area contributed by atoms with Crippen molar-refractivity contribution < 1.29 is 28.6 Å². The Balaban J connectivity index is 2.51. The molecule has 0 aromatic rings. The summed E-state index contributed by atoms with van der Waals surface area (Å²) in [5, 5.41) is 0. The first-order chi connectivity index (χ1) is 14.7. The van der Waals surface area contributed by atoms with Gasteiger partial charge in [-0.2, -0.15) is 0 Å². The van der Waals surface area contributed by atoms with Gasteiger partial charge in [-0.3, -0.25) is 4.79 Å². The molecule has 0 aromatic carbocycles. The molecule has 2 atom stereocenters. The molecular formula is C25H28O6. The van der Waals surface area contributed by atoms with Crippen LogP contribution in [0.25, 0.3) is 16.7 Å². The molecule has 6 heteroatoms. The average molecular weight is 424 g/mol. The lowest BCUT2D eigenvalue weighted by Gasteiger charge is -2.31. The summed E-state index contributed by atoms with van der Waals surface area (Å²) < 4.78 is 15.4. The van der Waals surface area contributed by atoms with Crippen molar-refractivity contribution in [2.24, 2.45) is 5.92 Å². The number of hydrogen-bond donors (Lipinski definition) is 0. The SMILES string of the molecule is CCOC(=O)C1C(C(=O)OC)=C(C(=O)OC)c2c(cc3c(C)cc(C)cc(C)c2-3)C1C. The predicted molar refractivity (Wildman–Crippen MR) is 117 cm³/mol. The summed E-state index contributed by atoms with van der Waals surface area (Å²) in [6, 6.07) is 6.14. The second kappa shape index (κ2) is 8.53. The Morgan fingerprint density at radius 2 is 1.52 bits per heavy atom. The molecule has 0 bridgehead atoms. The van der Waals surface area contributed by atoms with E-state index in [4.69, 9.17) is 14.2 Å². The Morgan fingerprint density at radius 1 is 0.903 bits per heavy atom. The van der Waals surface area contributed by atoms with Gasteiger partial charge in [0.1, 0.15) is 0 Å². The van der Waals surface area contributed by atoms with Gasteiger partial charge in [0.05, 0.1) is 37.9 Å². The highest BCUT2D eigenvalue weighted by Crippen LogP contribution is 2.51. The summed E-state index contributed by atoms with van der Waals surface area (Å²) in [5.74, 6) is -3.36. The predicted octanol–water partition coefficient (Wildman–Crippen LogP) is 4.11. The lowest BCUT2D eigenvalue weighted by atomic mass is 9.72. The first-order valence-corrected chi connectivity index (χ1v) is 10.3. The fourth-order valence-corrected chi connectivity index (χ4v) is 4.73. The fraction of sp³-hybridized carbons (Fsp3) is 0.400. The molecule has 0 saturated heterocycles. The van der Waals surface area contributed by atoms with E-state index in [1.54, 1.807) is 6.92 Å². The van der Waals surface area contributed by atoms with E-state index in [1.165, 1.54) is 14.2 Å². The van der Waals surface area contributed by atoms with E-state index in [9.17, 15) is 14.4 Å². The molecule has 0 radical (unpaired) electrons. The number of hydrogen-bond acceptors (Lipinski definition) is 6. The lowest BCUT2D eigenvalue weighted by molar-refractivity contribution is -0.150. The Morgan fingerprint density at radius 3 is 2.10 bits per heavy atom. The lowest BCUT2D eigenvalue weighted by Crippen LogP contribution is -2.34. The number of carbonyl (C=O) groups is 3. The van der Waals surface area contributed by atoms with Crippen molar-refractivity contribution in [1.82, 2.24) is 0 Å². The van der Waals surface area contributed by atoms with Gasteiger partial charge in [-0.05, 0) is 67.5 Å². The molecular weight excluding hydrogens is 396 g/mol. The molecule has 0 amide bonds. The van der Waals surface area contributed by atoms with E-state index < -0.39 is 29.7 Å². The van der Waals surface area contributed by atoms with Crippen LogP contribution in [0.5, 0.6) is 0 Å². The second-order valence-corrected chi connectivity index (χ2v) is 7.95. The zero-order valence-electron chi connectivity index (χ0n) is 19.0. The number of carbonyl (C=O) groups excluding carboxylic acids is 3. The summed E-state index contributed by atoms with van der Waals surface area (Å²) in [5.41, 5.74) is 6.44. The highest BCUT2D eigenvalue weighted by molar-refractivity contribution is 6.27. The first-order valence-electron chi connectivity index (χ1n) is 10.3. The highest BCUT2D eigenvalue weighted by Gasteiger charge is 2.46. The van der Waals surface area contributed by atoms with Gasteiger partial charge < -0.3 is 14.2 Å². The molecule has 3 aliphatic carbocycles. The molecule has 0 saturated carbocycles. The number of rotatable bonds is 4. The van der Waals surface area contributed by atoms with Gasteiger partial charge >= 0.3 is 17.9 Å². The Hall–Kier alpha value is -3.15. The molecule has 0 aromatic heterocycles. The molecule has 0 heterocycles. The van der Waals surface area contributed by atoms with Crippen molar-refractivity contribution in [2.75, 3.05) is 20.8 Å². The number of ether oxygens (including phenoxy) is 3. The molecule has 2 unspecified atom stereocenters. The summed E-state index contributed by atoms with van der Waals surface area (Å²) >= 11 is 0. The largest absolute Gasteiger partial charge is 0.466 e. The minimum Gasteiger partial charge on any atom is -0.466 e. The first kappa shape index (κ1) is 22.5. The maximum Gasteiger partial charge on any atom is 0.339 e. The number of aryl methyl sites for hydroxylation is 3. The number of esters is 3. The van der Waals surface area contributed by atoms with E-state index in [0.717, 1.165) is 33.4 Å². The maximum absolute atomic E-state index is 13.0. The molecule has 0 N–H and O–H groups in total. The summed E-state index contributed by atoms with van der Waals surface area (Å²) in [6.07, 6.45) is 0. The zero-order valence-corrected chi connectivity index (χ0v) is 19.0. The monoisotopic (exact) mass is 424 g/mol. The van der Waals surface area contributed by atoms with Crippen molar-refractivity contribution >= 4 is 23.5 Å². The minimum atomic E-state index is -0.970. The van der Waals surface area contributed by atoms with E-state index in [1.807, 2.05) is 39.8 Å². The van der Waals surface area contributed by atoms with Crippen LogP contribution >= 0.6 is 0 Å². The topological polar surface area (TPSA) is 78.9 Å². The van der Waals surface area contributed by atoms with E-state index >= 15 is 0 Å². The summed E-state index contributed by atoms with van der Waals surface area (Å²) in [6.45, 7) is 9.73. The van der Waals surface area contributed by atoms with Crippen molar-refractivity contribution in [2.45, 2.75) is 40.5 Å². The normalized spacial score (nSPS) is 17.9. The van der Waals surface area contributed by atoms with Gasteiger partial charge in [-0.1, -0.05) is 24.6 Å². The van der Waals surface area contributed by atoms with Crippen LogP contribution in [0.15, 0.2) is 23.8 Å². The Kier molecular flexibility index (Phi) is 6.20. The van der Waals surface area contributed by atoms with Crippen LogP contribution < -0.4 is 0 Å². The molecule has 6 nitrogen and oxygen atoms in total. The maximum atomic E-state index is 13.0. The number of fused-ring (bicyclic) bond motifs is 3. The van der Waals surface area contributed by atoms with Gasteiger partial charge in [0.15, 0.2) is 0 Å². The van der Waals surface area contributed by atoms with Crippen molar-refractivity contribution in [1.29, 1.82) is 0 Å². The molecule has 3 rings (SSSR count). The smallest absolute Gasteiger partial charge is 0.339 e. The number of methoxy groups -OCH3 is 2. The van der Waals surface area contributed by atoms with Crippen LogP contribution in [-0.4, -0.2) is 38.7 Å². The van der Waals surface area contributed by atoms with Crippen LogP contribution in [0, 0.1) is 26.7 Å². The second-order valence-electron chi connectivity index (χ2n) is 7.95. The van der Waals surface area contributed by atoms with Crippen LogP contribution in [0.1, 0.15) is 47.6 Å². The van der Waals surface area contributed by atoms with E-state index in [2.05, 4.69) is 6.07 Å². The van der Waals surface area contributed by atoms with Crippen molar-refractivity contribution in [3.05, 3.63) is 51.6 Å². The van der Waals surface area contributed by atoms with Gasteiger partial charge in [0, 0.05) is 5.56 Å². The minimum absolute atomic E-state index is 0.0134. The molecule has 3 aliphatic rings. The molecule has 0 fully saturated rings. The van der Waals surface area contributed by atoms with Crippen LogP contribution in [0.2, 0.25) is 0 Å². The molecule has 0 spiro atoms. The fourth-order valence-electron chi connectivity index (χ4n) is 4.73. The van der Waals surface area contributed by atoms with Gasteiger partial charge in [0.2, 0.25) is 0 Å². The quantitative estimate of drug-likeness (QED) is 0.543. The summed E-state index contributed by atoms with van der Waals surface area (Å²) in [7, 11) is 2.49. The average Bonchev–Trinajstić information content (AvgIpc) is 3.09. The van der Waals surface area contributed by atoms with Crippen molar-refractivity contribution in [3.63, 3.8) is 0 Å². The Bertz CT molecular complexity index is 1080. The van der Waals surface area contributed by atoms with E-state index in [0.29, 0.717) is 5.56 Å². The third-order valence-corrected chi connectivity index (χ3v) is 5.97. The third-order valence-electron chi connectivity index (χ3n) is 5.97. The Labute approximate surface area is 182 Å². The standard InChI is InChI=1S/C25H28O6/c1-8-31-25(28)19-15(5)17-11-16-13(3)9-12(2)10-14(4)18(16)20(17)22(24(27)30-7)21(19)23(26)29-6/h9-11,15,19H,8H2,1-7H3. The summed E-state index contributed by atoms with van der Waals surface area (Å²) in [4.78, 5) is 38.9. The highest BCUT2D eigenvalue weighted by atomic mass is 16.5. The van der Waals surface area contributed by atoms with Gasteiger partial charge in [-0.15, -0.1) is 0 Å². The zero-order chi connectivity index (χ0) is 23.0. The third kappa shape index (κ3) is 3.60. The van der Waals surface area contributed by atoms with Crippen LogP contribution in [0.4, 0.5) is 0 Å². The van der Waals surface area contributed by atoms with E-state index in [-0.39, 0.29) is 17.8 Å². The molecule has 31 heavy (non-hydrogen) atoms. The van der Waals surface area contributed by atoms with Gasteiger partial charge in [0.25, 0.3) is 0 Å². The van der Waals surface area contributed by atoms with Gasteiger partial charge in [-0.25, -0.2) is 9.59 Å². The molecule has 164 valence electrons. The molecule has 0 aliphatic heterocycles. The van der Waals surface area contributed by atoms with Crippen LogP contribution in [-0.2, 0) is 28.6 Å². The van der Waals surface area contributed by atoms with Crippen molar-refractivity contribution in [3.8, 4) is 11.1 Å².